The summed E-state index contributed by atoms with van der Waals surface area (Å²) in [5, 5.41) is 17.2. The molecular weight excluding hydrogens is 504 g/mol. The standard InChI is InChI=1S/C31H28N6OS/c38-30(11-19-5-2-1-3-6-19)34-22-12-21(15-32-16-22)27-14-25-29(17-33-27)36-37-31(25)28-13-24-23(20-9-10-39-18-20)7-4-8-26(24)35-28/h4,7-10,12-19,35H,1-3,5-6,11H2,(H,34,38)(H,36,37). The number of hydrogen-bond donors (Lipinski definition) is 3. The van der Waals surface area contributed by atoms with Crippen LogP contribution in [-0.4, -0.2) is 31.1 Å². The van der Waals surface area contributed by atoms with Gasteiger partial charge < -0.3 is 10.3 Å². The monoisotopic (exact) mass is 532 g/mol. The highest BCUT2D eigenvalue weighted by Gasteiger charge is 2.18. The van der Waals surface area contributed by atoms with Crippen molar-refractivity contribution in [1.82, 2.24) is 25.1 Å². The van der Waals surface area contributed by atoms with Crippen LogP contribution in [0.3, 0.4) is 0 Å². The molecule has 5 aromatic heterocycles. The van der Waals surface area contributed by atoms with Crippen molar-refractivity contribution >= 4 is 44.7 Å². The van der Waals surface area contributed by atoms with Crippen LogP contribution >= 0.6 is 11.3 Å². The van der Waals surface area contributed by atoms with Crippen LogP contribution in [-0.2, 0) is 4.79 Å². The van der Waals surface area contributed by atoms with E-state index in [4.69, 9.17) is 0 Å². The van der Waals surface area contributed by atoms with Gasteiger partial charge in [-0.1, -0.05) is 31.4 Å². The second-order valence-electron chi connectivity index (χ2n) is 10.4. The average molecular weight is 533 g/mol. The molecule has 1 fully saturated rings. The number of rotatable bonds is 6. The molecule has 0 bridgehead atoms. The van der Waals surface area contributed by atoms with Gasteiger partial charge >= 0.3 is 0 Å². The summed E-state index contributed by atoms with van der Waals surface area (Å²) in [6.07, 6.45) is 11.9. The van der Waals surface area contributed by atoms with Crippen molar-refractivity contribution in [2.75, 3.05) is 5.32 Å². The van der Waals surface area contributed by atoms with E-state index < -0.39 is 0 Å². The van der Waals surface area contributed by atoms with Crippen LogP contribution in [0, 0.1) is 5.92 Å². The summed E-state index contributed by atoms with van der Waals surface area (Å²) in [5.41, 5.74) is 8.44. The van der Waals surface area contributed by atoms with E-state index in [2.05, 4.69) is 71.6 Å². The number of fused-ring (bicyclic) bond motifs is 2. The smallest absolute Gasteiger partial charge is 0.224 e. The Bertz CT molecular complexity index is 1780. The second kappa shape index (κ2) is 10.1. The van der Waals surface area contributed by atoms with Crippen LogP contribution in [0.2, 0.25) is 0 Å². The van der Waals surface area contributed by atoms with E-state index in [0.717, 1.165) is 57.3 Å². The first-order valence-corrected chi connectivity index (χ1v) is 14.4. The quantitative estimate of drug-likeness (QED) is 0.204. The fourth-order valence-electron chi connectivity index (χ4n) is 5.75. The summed E-state index contributed by atoms with van der Waals surface area (Å²) in [5.74, 6) is 0.548. The number of aromatic amines is 2. The van der Waals surface area contributed by atoms with E-state index in [1.807, 2.05) is 12.1 Å². The predicted molar refractivity (Wildman–Crippen MR) is 158 cm³/mol. The Morgan fingerprint density at radius 2 is 1.90 bits per heavy atom. The zero-order valence-electron chi connectivity index (χ0n) is 21.4. The Morgan fingerprint density at radius 3 is 2.77 bits per heavy atom. The molecule has 39 heavy (non-hydrogen) atoms. The van der Waals surface area contributed by atoms with Crippen molar-refractivity contribution in [2.45, 2.75) is 38.5 Å². The predicted octanol–water partition coefficient (Wildman–Crippen LogP) is 7.81. The number of aromatic nitrogens is 5. The lowest BCUT2D eigenvalue weighted by Gasteiger charge is -2.20. The molecule has 194 valence electrons. The minimum absolute atomic E-state index is 0.0574. The average Bonchev–Trinajstić information content (AvgIpc) is 3.73. The summed E-state index contributed by atoms with van der Waals surface area (Å²) in [7, 11) is 0. The number of hydrogen-bond acceptors (Lipinski definition) is 5. The molecule has 0 saturated heterocycles. The van der Waals surface area contributed by atoms with Crippen molar-refractivity contribution < 1.29 is 4.79 Å². The maximum atomic E-state index is 12.7. The Kier molecular flexibility index (Phi) is 6.17. The van der Waals surface area contributed by atoms with Crippen molar-refractivity contribution in [1.29, 1.82) is 0 Å². The van der Waals surface area contributed by atoms with Gasteiger partial charge in [0.2, 0.25) is 5.91 Å². The molecule has 7 rings (SSSR count). The van der Waals surface area contributed by atoms with E-state index in [1.165, 1.54) is 30.4 Å². The topological polar surface area (TPSA) is 99.4 Å². The van der Waals surface area contributed by atoms with E-state index >= 15 is 0 Å². The molecule has 0 radical (unpaired) electrons. The van der Waals surface area contributed by atoms with Crippen LogP contribution in [0.1, 0.15) is 38.5 Å². The van der Waals surface area contributed by atoms with Gasteiger partial charge in [0.15, 0.2) is 0 Å². The first kappa shape index (κ1) is 23.8. The van der Waals surface area contributed by atoms with Crippen molar-refractivity contribution in [3.8, 4) is 33.8 Å². The summed E-state index contributed by atoms with van der Waals surface area (Å²) in [6.45, 7) is 0. The maximum absolute atomic E-state index is 12.7. The normalized spacial score (nSPS) is 14.3. The molecule has 7 nitrogen and oxygen atoms in total. The number of nitrogens with zero attached hydrogens (tertiary/aromatic N) is 3. The number of H-pyrrole nitrogens is 2. The van der Waals surface area contributed by atoms with Crippen LogP contribution in [0.15, 0.2) is 71.8 Å². The SMILES string of the molecule is O=C(CC1CCCCC1)Nc1cncc(-c2cc3c(-c4cc5c(-c6ccsc6)cccc5[nH]4)n[nH]c3cn2)c1. The van der Waals surface area contributed by atoms with E-state index in [-0.39, 0.29) is 5.91 Å². The summed E-state index contributed by atoms with van der Waals surface area (Å²) in [6, 6.07) is 14.6. The van der Waals surface area contributed by atoms with Crippen LogP contribution in [0.4, 0.5) is 5.69 Å². The number of thiophene rings is 1. The van der Waals surface area contributed by atoms with Crippen molar-refractivity contribution in [3.63, 3.8) is 0 Å². The lowest BCUT2D eigenvalue weighted by atomic mass is 9.87. The Labute approximate surface area is 229 Å². The maximum Gasteiger partial charge on any atom is 0.224 e. The van der Waals surface area contributed by atoms with Gasteiger partial charge in [-0.2, -0.15) is 16.4 Å². The lowest BCUT2D eigenvalue weighted by molar-refractivity contribution is -0.117. The van der Waals surface area contributed by atoms with Crippen LogP contribution < -0.4 is 5.32 Å². The Morgan fingerprint density at radius 1 is 0.974 bits per heavy atom. The first-order valence-electron chi connectivity index (χ1n) is 13.5. The largest absolute Gasteiger partial charge is 0.353 e. The number of nitrogens with one attached hydrogen (secondary N) is 3. The van der Waals surface area contributed by atoms with Gasteiger partial charge in [0.05, 0.1) is 35.0 Å². The van der Waals surface area contributed by atoms with E-state index in [1.54, 1.807) is 29.9 Å². The molecule has 0 aliphatic heterocycles. The van der Waals surface area contributed by atoms with Crippen molar-refractivity contribution in [3.05, 3.63) is 71.8 Å². The fourth-order valence-corrected chi connectivity index (χ4v) is 6.40. The molecule has 1 aromatic carbocycles. The molecule has 0 unspecified atom stereocenters. The number of amides is 1. The molecule has 1 aliphatic carbocycles. The third kappa shape index (κ3) is 4.72. The fraction of sp³-hybridized carbons (Fsp3) is 0.226. The molecule has 1 saturated carbocycles. The van der Waals surface area contributed by atoms with Crippen molar-refractivity contribution in [2.24, 2.45) is 5.92 Å². The molecule has 3 N–H and O–H groups in total. The zero-order chi connectivity index (χ0) is 26.2. The number of carbonyl (C=O) groups is 1. The summed E-state index contributed by atoms with van der Waals surface area (Å²) in [4.78, 5) is 25.3. The summed E-state index contributed by atoms with van der Waals surface area (Å²) < 4.78 is 0. The second-order valence-corrected chi connectivity index (χ2v) is 11.1. The number of benzene rings is 1. The minimum Gasteiger partial charge on any atom is -0.353 e. The van der Waals surface area contributed by atoms with Crippen LogP contribution in [0.25, 0.3) is 55.6 Å². The third-order valence-electron chi connectivity index (χ3n) is 7.72. The Balaban J connectivity index is 1.19. The van der Waals surface area contributed by atoms with Gasteiger partial charge in [-0.25, -0.2) is 0 Å². The summed E-state index contributed by atoms with van der Waals surface area (Å²) >= 11 is 1.70. The molecule has 0 atom stereocenters. The van der Waals surface area contributed by atoms with Gasteiger partial charge in [-0.3, -0.25) is 19.9 Å². The number of carbonyl (C=O) groups excluding carboxylic acids is 1. The van der Waals surface area contributed by atoms with E-state index in [9.17, 15) is 4.79 Å². The minimum atomic E-state index is 0.0574. The number of pyridine rings is 2. The highest BCUT2D eigenvalue weighted by Crippen LogP contribution is 2.35. The molecule has 1 aliphatic rings. The molecule has 8 heteroatoms. The molecular formula is C31H28N6OS. The number of anilines is 1. The van der Waals surface area contributed by atoms with Gasteiger partial charge in [0, 0.05) is 34.5 Å². The lowest BCUT2D eigenvalue weighted by Crippen LogP contribution is -2.18. The van der Waals surface area contributed by atoms with Gasteiger partial charge in [-0.05, 0) is 71.0 Å². The van der Waals surface area contributed by atoms with Gasteiger partial charge in [0.1, 0.15) is 5.69 Å². The highest BCUT2D eigenvalue weighted by molar-refractivity contribution is 7.08. The van der Waals surface area contributed by atoms with E-state index in [0.29, 0.717) is 18.0 Å². The molecule has 5 heterocycles. The first-order chi connectivity index (χ1) is 19.2. The van der Waals surface area contributed by atoms with Crippen LogP contribution in [0.5, 0.6) is 0 Å². The van der Waals surface area contributed by atoms with Gasteiger partial charge in [0.25, 0.3) is 0 Å². The van der Waals surface area contributed by atoms with Gasteiger partial charge in [-0.15, -0.1) is 0 Å². The molecule has 1 amide bonds. The molecule has 6 aromatic rings. The Hall–Kier alpha value is -4.30. The molecule has 0 spiro atoms. The third-order valence-corrected chi connectivity index (χ3v) is 8.40. The zero-order valence-corrected chi connectivity index (χ0v) is 22.2. The highest BCUT2D eigenvalue weighted by atomic mass is 32.1.